The molecule has 2 aromatic carbocycles. The molecule has 0 saturated heterocycles. The van der Waals surface area contributed by atoms with Gasteiger partial charge in [0.2, 0.25) is 0 Å². The van der Waals surface area contributed by atoms with Gasteiger partial charge in [-0.3, -0.25) is 9.59 Å². The van der Waals surface area contributed by atoms with Crippen LogP contribution in [0.5, 0.6) is 5.75 Å². The first kappa shape index (κ1) is 20.6. The summed E-state index contributed by atoms with van der Waals surface area (Å²) in [5, 5.41) is 3.29. The highest BCUT2D eigenvalue weighted by Gasteiger charge is 2.23. The molecule has 5 nitrogen and oxygen atoms in total. The standard InChI is InChI=1S/C23H24N2O3S/c1-4-19(22(27)25-23-20(21(24)26)14(2)15(3)29-23)28-18-12-10-17(11-13-18)16-8-6-5-7-9-16/h5-13,19H,4H2,1-3H3,(H2,24,26)(H,25,27). The maximum atomic E-state index is 12.8. The molecule has 3 aromatic rings. The smallest absolute Gasteiger partial charge is 0.266 e. The van der Waals surface area contributed by atoms with E-state index in [0.717, 1.165) is 21.6 Å². The summed E-state index contributed by atoms with van der Waals surface area (Å²) in [7, 11) is 0. The molecule has 0 radical (unpaired) electrons. The maximum absolute atomic E-state index is 12.8. The summed E-state index contributed by atoms with van der Waals surface area (Å²) in [5.41, 5.74) is 8.83. The number of carbonyl (C=O) groups is 2. The predicted molar refractivity (Wildman–Crippen MR) is 118 cm³/mol. The average Bonchev–Trinajstić information content (AvgIpc) is 3.00. The van der Waals surface area contributed by atoms with Gasteiger partial charge >= 0.3 is 0 Å². The SMILES string of the molecule is CCC(Oc1ccc(-c2ccccc2)cc1)C(=O)Nc1sc(C)c(C)c1C(N)=O. The Morgan fingerprint density at radius 2 is 1.66 bits per heavy atom. The van der Waals surface area contributed by atoms with Crippen molar-refractivity contribution in [2.24, 2.45) is 5.73 Å². The number of primary amides is 1. The first-order valence-electron chi connectivity index (χ1n) is 9.43. The molecule has 150 valence electrons. The topological polar surface area (TPSA) is 81.4 Å². The van der Waals surface area contributed by atoms with Crippen molar-refractivity contribution in [3.63, 3.8) is 0 Å². The van der Waals surface area contributed by atoms with Gasteiger partial charge in [-0.1, -0.05) is 49.4 Å². The zero-order valence-corrected chi connectivity index (χ0v) is 17.5. The molecule has 0 bridgehead atoms. The zero-order chi connectivity index (χ0) is 21.0. The van der Waals surface area contributed by atoms with Gasteiger partial charge in [-0.25, -0.2) is 0 Å². The fourth-order valence-electron chi connectivity index (χ4n) is 3.05. The number of carbonyl (C=O) groups excluding carboxylic acids is 2. The van der Waals surface area contributed by atoms with Gasteiger partial charge in [0.15, 0.2) is 6.10 Å². The highest BCUT2D eigenvalue weighted by atomic mass is 32.1. The van der Waals surface area contributed by atoms with Gasteiger partial charge < -0.3 is 15.8 Å². The number of nitrogens with one attached hydrogen (secondary N) is 1. The second-order valence-electron chi connectivity index (χ2n) is 6.75. The quantitative estimate of drug-likeness (QED) is 0.582. The molecule has 2 amide bonds. The second kappa shape index (κ2) is 8.92. The number of hydrogen-bond donors (Lipinski definition) is 2. The number of benzene rings is 2. The molecule has 1 heterocycles. The first-order chi connectivity index (χ1) is 13.9. The minimum absolute atomic E-state index is 0.302. The van der Waals surface area contributed by atoms with Crippen molar-refractivity contribution in [3.8, 4) is 16.9 Å². The molecule has 0 aliphatic rings. The zero-order valence-electron chi connectivity index (χ0n) is 16.7. The van der Waals surface area contributed by atoms with Crippen molar-refractivity contribution in [2.75, 3.05) is 5.32 Å². The molecule has 0 spiro atoms. The summed E-state index contributed by atoms with van der Waals surface area (Å²) in [5.74, 6) is -0.239. The van der Waals surface area contributed by atoms with Crippen LogP contribution >= 0.6 is 11.3 Å². The van der Waals surface area contributed by atoms with Crippen LogP contribution in [0.4, 0.5) is 5.00 Å². The Bertz CT molecular complexity index is 1010. The van der Waals surface area contributed by atoms with Crippen LogP contribution in [-0.2, 0) is 4.79 Å². The van der Waals surface area contributed by atoms with Gasteiger partial charge in [0.05, 0.1) is 5.56 Å². The Balaban J connectivity index is 1.72. The molecule has 1 atom stereocenters. The molecule has 3 rings (SSSR count). The maximum Gasteiger partial charge on any atom is 0.266 e. The summed E-state index contributed by atoms with van der Waals surface area (Å²) < 4.78 is 5.90. The first-order valence-corrected chi connectivity index (χ1v) is 10.2. The molecule has 29 heavy (non-hydrogen) atoms. The van der Waals surface area contributed by atoms with Crippen LogP contribution in [0.2, 0.25) is 0 Å². The van der Waals surface area contributed by atoms with Crippen LogP contribution in [0.15, 0.2) is 54.6 Å². The fourth-order valence-corrected chi connectivity index (χ4v) is 4.12. The molecule has 0 fully saturated rings. The van der Waals surface area contributed by atoms with E-state index in [0.29, 0.717) is 22.7 Å². The van der Waals surface area contributed by atoms with Gasteiger partial charge in [-0.15, -0.1) is 11.3 Å². The normalized spacial score (nSPS) is 11.7. The third-order valence-corrected chi connectivity index (χ3v) is 5.89. The predicted octanol–water partition coefficient (Wildman–Crippen LogP) is 4.93. The lowest BCUT2D eigenvalue weighted by Gasteiger charge is -2.17. The summed E-state index contributed by atoms with van der Waals surface area (Å²) >= 11 is 1.34. The third kappa shape index (κ3) is 4.66. The summed E-state index contributed by atoms with van der Waals surface area (Å²) in [6.45, 7) is 5.59. The number of aryl methyl sites for hydroxylation is 1. The van der Waals surface area contributed by atoms with Gasteiger partial charge in [0.25, 0.3) is 11.8 Å². The highest BCUT2D eigenvalue weighted by Crippen LogP contribution is 2.32. The van der Waals surface area contributed by atoms with E-state index in [1.807, 2.05) is 75.4 Å². The Kier molecular flexibility index (Phi) is 6.34. The second-order valence-corrected chi connectivity index (χ2v) is 7.97. The van der Waals surface area contributed by atoms with E-state index in [1.165, 1.54) is 11.3 Å². The van der Waals surface area contributed by atoms with E-state index >= 15 is 0 Å². The van der Waals surface area contributed by atoms with Crippen LogP contribution in [0.25, 0.3) is 11.1 Å². The van der Waals surface area contributed by atoms with Crippen LogP contribution < -0.4 is 15.8 Å². The van der Waals surface area contributed by atoms with Gasteiger partial charge in [0.1, 0.15) is 10.8 Å². The number of nitrogens with two attached hydrogens (primary N) is 1. The number of anilines is 1. The molecular weight excluding hydrogens is 384 g/mol. The van der Waals surface area contributed by atoms with Crippen LogP contribution in [-0.4, -0.2) is 17.9 Å². The fraction of sp³-hybridized carbons (Fsp3) is 0.217. The van der Waals surface area contributed by atoms with E-state index in [9.17, 15) is 9.59 Å². The van der Waals surface area contributed by atoms with Crippen molar-refractivity contribution in [2.45, 2.75) is 33.3 Å². The molecule has 6 heteroatoms. The molecule has 3 N–H and O–H groups in total. The Hall–Kier alpha value is -3.12. The van der Waals surface area contributed by atoms with Crippen LogP contribution in [0, 0.1) is 13.8 Å². The van der Waals surface area contributed by atoms with Crippen molar-refractivity contribution >= 4 is 28.2 Å². The van der Waals surface area contributed by atoms with Crippen molar-refractivity contribution in [3.05, 3.63) is 70.6 Å². The molecule has 1 aromatic heterocycles. The minimum Gasteiger partial charge on any atom is -0.481 e. The van der Waals surface area contributed by atoms with E-state index in [1.54, 1.807) is 0 Å². The summed E-state index contributed by atoms with van der Waals surface area (Å²) in [6, 6.07) is 17.7. The molecule has 0 saturated carbocycles. The number of ether oxygens (including phenoxy) is 1. The number of thiophene rings is 1. The monoisotopic (exact) mass is 408 g/mol. The van der Waals surface area contributed by atoms with E-state index in [2.05, 4.69) is 5.32 Å². The Labute approximate surface area is 174 Å². The molecule has 1 unspecified atom stereocenters. The van der Waals surface area contributed by atoms with Crippen molar-refractivity contribution < 1.29 is 14.3 Å². The highest BCUT2D eigenvalue weighted by molar-refractivity contribution is 7.16. The van der Waals surface area contributed by atoms with Gasteiger partial charge in [0, 0.05) is 4.88 Å². The average molecular weight is 409 g/mol. The van der Waals surface area contributed by atoms with Crippen LogP contribution in [0.3, 0.4) is 0 Å². The summed E-state index contributed by atoms with van der Waals surface area (Å²) in [4.78, 5) is 25.5. The van der Waals surface area contributed by atoms with Crippen LogP contribution in [0.1, 0.15) is 34.1 Å². The number of amides is 2. The molecular formula is C23H24N2O3S. The van der Waals surface area contributed by atoms with Crippen molar-refractivity contribution in [1.29, 1.82) is 0 Å². The molecule has 0 aliphatic heterocycles. The lowest BCUT2D eigenvalue weighted by molar-refractivity contribution is -0.122. The lowest BCUT2D eigenvalue weighted by atomic mass is 10.1. The van der Waals surface area contributed by atoms with Gasteiger partial charge in [-0.2, -0.15) is 0 Å². The number of rotatable bonds is 7. The Morgan fingerprint density at radius 3 is 2.24 bits per heavy atom. The third-order valence-electron chi connectivity index (χ3n) is 4.77. The van der Waals surface area contributed by atoms with E-state index < -0.39 is 12.0 Å². The Morgan fingerprint density at radius 1 is 1.03 bits per heavy atom. The minimum atomic E-state index is -0.680. The molecule has 0 aliphatic carbocycles. The van der Waals surface area contributed by atoms with E-state index in [4.69, 9.17) is 10.5 Å². The van der Waals surface area contributed by atoms with E-state index in [-0.39, 0.29) is 5.91 Å². The largest absolute Gasteiger partial charge is 0.481 e. The van der Waals surface area contributed by atoms with Crippen molar-refractivity contribution in [1.82, 2.24) is 0 Å². The van der Waals surface area contributed by atoms with Gasteiger partial charge in [-0.05, 0) is 49.1 Å². The summed E-state index contributed by atoms with van der Waals surface area (Å²) in [6.07, 6.45) is -0.192. The lowest BCUT2D eigenvalue weighted by Crippen LogP contribution is -2.32. The number of hydrogen-bond acceptors (Lipinski definition) is 4.